The number of benzene rings is 2. The quantitative estimate of drug-likeness (QED) is 0.274. The summed E-state index contributed by atoms with van der Waals surface area (Å²) in [6, 6.07) is 16.1. The number of nitrogens with one attached hydrogen (secondary N) is 3. The Kier molecular flexibility index (Phi) is 10.8. The number of hydrogen-bond donors (Lipinski definition) is 3. The Labute approximate surface area is 202 Å². The first-order chi connectivity index (χ1) is 14.7. The summed E-state index contributed by atoms with van der Waals surface area (Å²) in [5, 5.41) is 9.66. The molecule has 1 unspecified atom stereocenters. The van der Waals surface area contributed by atoms with Gasteiger partial charge < -0.3 is 20.7 Å². The van der Waals surface area contributed by atoms with Crippen LogP contribution in [-0.2, 0) is 24.2 Å². The zero-order chi connectivity index (χ0) is 21.2. The number of rotatable bonds is 8. The van der Waals surface area contributed by atoms with E-state index >= 15 is 0 Å². The van der Waals surface area contributed by atoms with Crippen LogP contribution in [0.15, 0.2) is 53.5 Å². The fourth-order valence-corrected chi connectivity index (χ4v) is 3.60. The molecule has 6 nitrogen and oxygen atoms in total. The molecule has 7 heteroatoms. The number of aliphatic imine (C=N–C) groups is 1. The van der Waals surface area contributed by atoms with E-state index in [-0.39, 0.29) is 36.0 Å². The molecule has 2 aromatic rings. The van der Waals surface area contributed by atoms with Crippen LogP contribution in [0.4, 0.5) is 0 Å². The van der Waals surface area contributed by atoms with Crippen molar-refractivity contribution < 1.29 is 9.53 Å². The highest BCUT2D eigenvalue weighted by atomic mass is 127. The lowest BCUT2D eigenvalue weighted by Crippen LogP contribution is -2.36. The highest BCUT2D eigenvalue weighted by Gasteiger charge is 2.16. The molecule has 0 aliphatic carbocycles. The molecule has 0 radical (unpaired) electrons. The van der Waals surface area contributed by atoms with Gasteiger partial charge in [0.15, 0.2) is 5.96 Å². The zero-order valence-electron chi connectivity index (χ0n) is 18.3. The van der Waals surface area contributed by atoms with Crippen LogP contribution in [0, 0.1) is 0 Å². The minimum absolute atomic E-state index is 0. The molecule has 1 aliphatic rings. The summed E-state index contributed by atoms with van der Waals surface area (Å²) in [7, 11) is 1.76. The Bertz CT molecular complexity index is 866. The Hall–Kier alpha value is -2.13. The van der Waals surface area contributed by atoms with Crippen LogP contribution < -0.4 is 16.0 Å². The predicted octanol–water partition coefficient (Wildman–Crippen LogP) is 3.64. The van der Waals surface area contributed by atoms with Crippen molar-refractivity contribution in [3.63, 3.8) is 0 Å². The molecule has 1 atom stereocenters. The van der Waals surface area contributed by atoms with E-state index in [2.05, 4.69) is 52.1 Å². The van der Waals surface area contributed by atoms with E-state index in [1.54, 1.807) is 7.05 Å². The molecule has 2 aromatic carbocycles. The van der Waals surface area contributed by atoms with Crippen molar-refractivity contribution in [3.05, 3.63) is 70.8 Å². The Morgan fingerprint density at radius 1 is 1.06 bits per heavy atom. The van der Waals surface area contributed by atoms with Crippen molar-refractivity contribution in [3.8, 4) is 0 Å². The summed E-state index contributed by atoms with van der Waals surface area (Å²) in [5.41, 5.74) is 4.29. The number of amides is 1. The predicted molar refractivity (Wildman–Crippen MR) is 136 cm³/mol. The van der Waals surface area contributed by atoms with Gasteiger partial charge in [-0.3, -0.25) is 9.79 Å². The summed E-state index contributed by atoms with van der Waals surface area (Å²) >= 11 is 0. The Morgan fingerprint density at radius 3 is 2.55 bits per heavy atom. The second-order valence-electron chi connectivity index (χ2n) is 7.45. The van der Waals surface area contributed by atoms with Crippen LogP contribution in [0.1, 0.15) is 46.8 Å². The fourth-order valence-electron chi connectivity index (χ4n) is 3.60. The molecule has 3 rings (SSSR count). The van der Waals surface area contributed by atoms with Crippen molar-refractivity contribution in [1.82, 2.24) is 16.0 Å². The van der Waals surface area contributed by atoms with E-state index in [4.69, 9.17) is 4.74 Å². The van der Waals surface area contributed by atoms with Crippen molar-refractivity contribution in [2.75, 3.05) is 20.2 Å². The lowest BCUT2D eigenvalue weighted by atomic mass is 10.1. The highest BCUT2D eigenvalue weighted by molar-refractivity contribution is 14.0. The maximum absolute atomic E-state index is 12.4. The SMILES string of the molecule is CCc1ccccc1CNC(=NC)NCc1cccc(C(=O)NCC2CCCO2)c1.I. The summed E-state index contributed by atoms with van der Waals surface area (Å²) in [6.07, 6.45) is 3.23. The first-order valence-electron chi connectivity index (χ1n) is 10.7. The average Bonchev–Trinajstić information content (AvgIpc) is 3.31. The number of nitrogens with zero attached hydrogens (tertiary/aromatic N) is 1. The molecule has 3 N–H and O–H groups in total. The summed E-state index contributed by atoms with van der Waals surface area (Å²) in [4.78, 5) is 16.8. The third kappa shape index (κ3) is 7.81. The maximum Gasteiger partial charge on any atom is 0.251 e. The van der Waals surface area contributed by atoms with Crippen molar-refractivity contribution in [1.29, 1.82) is 0 Å². The van der Waals surface area contributed by atoms with Gasteiger partial charge >= 0.3 is 0 Å². The summed E-state index contributed by atoms with van der Waals surface area (Å²) in [5.74, 6) is 0.667. The number of carbonyl (C=O) groups excluding carboxylic acids is 1. The van der Waals surface area contributed by atoms with E-state index in [1.165, 1.54) is 11.1 Å². The minimum atomic E-state index is -0.0639. The zero-order valence-corrected chi connectivity index (χ0v) is 20.6. The first kappa shape index (κ1) is 25.1. The lowest BCUT2D eigenvalue weighted by Gasteiger charge is -2.14. The molecule has 168 valence electrons. The van der Waals surface area contributed by atoms with Gasteiger partial charge in [-0.25, -0.2) is 0 Å². The number of carbonyl (C=O) groups is 1. The number of halogens is 1. The van der Waals surface area contributed by atoms with Crippen molar-refractivity contribution in [2.24, 2.45) is 4.99 Å². The molecule has 0 saturated carbocycles. The fraction of sp³-hybridized carbons (Fsp3) is 0.417. The van der Waals surface area contributed by atoms with Gasteiger partial charge in [-0.05, 0) is 48.1 Å². The molecule has 31 heavy (non-hydrogen) atoms. The second-order valence-corrected chi connectivity index (χ2v) is 7.45. The van der Waals surface area contributed by atoms with E-state index in [1.807, 2.05) is 24.3 Å². The van der Waals surface area contributed by atoms with Crippen molar-refractivity contribution >= 4 is 35.8 Å². The minimum Gasteiger partial charge on any atom is -0.376 e. The topological polar surface area (TPSA) is 74.8 Å². The molecule has 1 aliphatic heterocycles. The molecular formula is C24H33IN4O2. The molecule has 1 heterocycles. The van der Waals surface area contributed by atoms with E-state index in [0.717, 1.165) is 43.9 Å². The van der Waals surface area contributed by atoms with Gasteiger partial charge in [-0.15, -0.1) is 24.0 Å². The second kappa shape index (κ2) is 13.3. The Balaban J connectivity index is 0.00000341. The maximum atomic E-state index is 12.4. The molecular weight excluding hydrogens is 503 g/mol. The largest absolute Gasteiger partial charge is 0.376 e. The van der Waals surface area contributed by atoms with Gasteiger partial charge in [-0.2, -0.15) is 0 Å². The third-order valence-corrected chi connectivity index (χ3v) is 5.33. The molecule has 0 aromatic heterocycles. The van der Waals surface area contributed by atoms with Gasteiger partial charge in [0.05, 0.1) is 6.10 Å². The van der Waals surface area contributed by atoms with Gasteiger partial charge in [0.2, 0.25) is 0 Å². The first-order valence-corrected chi connectivity index (χ1v) is 10.7. The van der Waals surface area contributed by atoms with Crippen LogP contribution in [-0.4, -0.2) is 38.2 Å². The van der Waals surface area contributed by atoms with Crippen LogP contribution in [0.3, 0.4) is 0 Å². The van der Waals surface area contributed by atoms with Gasteiger partial charge in [0.25, 0.3) is 5.91 Å². The summed E-state index contributed by atoms with van der Waals surface area (Å²) in [6.45, 7) is 4.82. The number of guanidine groups is 1. The standard InChI is InChI=1S/C24H32N4O2.HI/c1-3-19-9-4-5-10-21(19)16-28-24(25-2)27-15-18-8-6-11-20(14-18)23(29)26-17-22-12-7-13-30-22;/h4-6,8-11,14,22H,3,7,12-13,15-17H2,1-2H3,(H,26,29)(H2,25,27,28);1H. The molecule has 1 fully saturated rings. The van der Waals surface area contributed by atoms with Crippen LogP contribution in [0.25, 0.3) is 0 Å². The molecule has 0 spiro atoms. The van der Waals surface area contributed by atoms with Gasteiger partial charge in [0, 0.05) is 38.9 Å². The number of ether oxygens (including phenoxy) is 1. The summed E-state index contributed by atoms with van der Waals surface area (Å²) < 4.78 is 5.56. The van der Waals surface area contributed by atoms with Crippen LogP contribution >= 0.6 is 24.0 Å². The van der Waals surface area contributed by atoms with E-state index in [9.17, 15) is 4.79 Å². The van der Waals surface area contributed by atoms with Gasteiger partial charge in [0.1, 0.15) is 0 Å². The van der Waals surface area contributed by atoms with Crippen LogP contribution in [0.2, 0.25) is 0 Å². The highest BCUT2D eigenvalue weighted by Crippen LogP contribution is 2.12. The number of hydrogen-bond acceptors (Lipinski definition) is 3. The Morgan fingerprint density at radius 2 is 1.84 bits per heavy atom. The average molecular weight is 536 g/mol. The monoisotopic (exact) mass is 536 g/mol. The van der Waals surface area contributed by atoms with E-state index < -0.39 is 0 Å². The lowest BCUT2D eigenvalue weighted by molar-refractivity contribution is 0.0857. The molecule has 1 amide bonds. The normalized spacial score (nSPS) is 15.8. The molecule has 0 bridgehead atoms. The van der Waals surface area contributed by atoms with E-state index in [0.29, 0.717) is 18.7 Å². The third-order valence-electron chi connectivity index (χ3n) is 5.33. The molecule has 1 saturated heterocycles. The van der Waals surface area contributed by atoms with Gasteiger partial charge in [-0.1, -0.05) is 43.3 Å². The van der Waals surface area contributed by atoms with Crippen LogP contribution in [0.5, 0.6) is 0 Å². The van der Waals surface area contributed by atoms with Crippen molar-refractivity contribution in [2.45, 2.75) is 45.4 Å². The smallest absolute Gasteiger partial charge is 0.251 e. The number of aryl methyl sites for hydroxylation is 1.